The average Bonchev–Trinajstić information content (AvgIpc) is 3.00. The van der Waals surface area contributed by atoms with Gasteiger partial charge >= 0.3 is 0 Å². The summed E-state index contributed by atoms with van der Waals surface area (Å²) in [6, 6.07) is 9.76. The maximum Gasteiger partial charge on any atom is 0.216 e. The normalized spacial score (nSPS) is 11.3. The van der Waals surface area contributed by atoms with Crippen molar-refractivity contribution in [2.45, 2.75) is 19.6 Å². The molecule has 0 aliphatic heterocycles. The lowest BCUT2D eigenvalue weighted by molar-refractivity contribution is 0.881. The number of nitrogens with one attached hydrogen (secondary N) is 2. The van der Waals surface area contributed by atoms with Gasteiger partial charge in [0.25, 0.3) is 0 Å². The molecule has 0 unspecified atom stereocenters. The highest BCUT2D eigenvalue weighted by Gasteiger charge is 2.07. The lowest BCUT2D eigenvalue weighted by Gasteiger charge is -2.04. The molecular formula is C15H16N6Si. The number of allylic oxidation sites excluding steroid dienone is 1. The zero-order chi connectivity index (χ0) is 16.0. The maximum absolute atomic E-state index is 9.11. The van der Waals surface area contributed by atoms with Crippen molar-refractivity contribution in [3.63, 3.8) is 0 Å². The van der Waals surface area contributed by atoms with Crippen LogP contribution >= 0.6 is 0 Å². The quantitative estimate of drug-likeness (QED) is 0.516. The minimum Gasteiger partial charge on any atom is -0.360 e. The third-order valence-corrected chi connectivity index (χ3v) is 3.41. The lowest BCUT2D eigenvalue weighted by atomic mass is 10.2. The summed E-state index contributed by atoms with van der Waals surface area (Å²) in [6.45, 7) is 6.61. The zero-order valence-electron chi connectivity index (χ0n) is 12.7. The molecule has 2 aromatic rings. The smallest absolute Gasteiger partial charge is 0.216 e. The van der Waals surface area contributed by atoms with Gasteiger partial charge in [-0.3, -0.25) is 0 Å². The molecular weight excluding hydrogens is 292 g/mol. The molecule has 2 N–H and O–H groups in total. The number of hydrogen-bond acceptors (Lipinski definition) is 5. The van der Waals surface area contributed by atoms with Gasteiger partial charge in [-0.15, -0.1) is 15.7 Å². The SMILES string of the molecule is C[Si](C)(C)C#Cc1cccc(NC=C(C#N)c2nn[nH]n2)c1. The summed E-state index contributed by atoms with van der Waals surface area (Å²) in [5.41, 5.74) is 5.41. The monoisotopic (exact) mass is 308 g/mol. The summed E-state index contributed by atoms with van der Waals surface area (Å²) in [6.07, 6.45) is 1.55. The first kappa shape index (κ1) is 15.5. The van der Waals surface area contributed by atoms with Gasteiger partial charge in [0.1, 0.15) is 19.7 Å². The predicted molar refractivity (Wildman–Crippen MR) is 88.1 cm³/mol. The molecule has 110 valence electrons. The minimum atomic E-state index is -1.40. The number of benzene rings is 1. The summed E-state index contributed by atoms with van der Waals surface area (Å²) in [7, 11) is -1.40. The fourth-order valence-corrected chi connectivity index (χ4v) is 2.04. The highest BCUT2D eigenvalue weighted by Crippen LogP contribution is 2.12. The largest absolute Gasteiger partial charge is 0.360 e. The Bertz CT molecular complexity index is 769. The predicted octanol–water partition coefficient (Wildman–Crippen LogP) is 2.41. The van der Waals surface area contributed by atoms with Crippen LogP contribution in [0.3, 0.4) is 0 Å². The van der Waals surface area contributed by atoms with E-state index in [1.807, 2.05) is 30.3 Å². The fourth-order valence-electron chi connectivity index (χ4n) is 1.52. The van der Waals surface area contributed by atoms with Gasteiger partial charge in [0.2, 0.25) is 5.82 Å². The van der Waals surface area contributed by atoms with E-state index in [2.05, 4.69) is 57.0 Å². The van der Waals surface area contributed by atoms with E-state index in [9.17, 15) is 0 Å². The molecule has 6 nitrogen and oxygen atoms in total. The number of aromatic nitrogens is 4. The molecule has 0 aliphatic carbocycles. The van der Waals surface area contributed by atoms with Crippen LogP contribution in [0, 0.1) is 22.8 Å². The highest BCUT2D eigenvalue weighted by atomic mass is 28.3. The fraction of sp³-hybridized carbons (Fsp3) is 0.200. The van der Waals surface area contributed by atoms with Gasteiger partial charge in [0, 0.05) is 17.5 Å². The van der Waals surface area contributed by atoms with E-state index in [-0.39, 0.29) is 5.82 Å². The van der Waals surface area contributed by atoms with E-state index in [0.717, 1.165) is 11.3 Å². The second-order valence-corrected chi connectivity index (χ2v) is 10.4. The molecule has 1 aromatic carbocycles. The number of nitriles is 1. The zero-order valence-corrected chi connectivity index (χ0v) is 13.7. The molecule has 7 heteroatoms. The summed E-state index contributed by atoms with van der Waals surface area (Å²) in [5, 5.41) is 25.5. The Morgan fingerprint density at radius 3 is 2.82 bits per heavy atom. The number of rotatable bonds is 3. The average molecular weight is 308 g/mol. The highest BCUT2D eigenvalue weighted by molar-refractivity contribution is 6.83. The Morgan fingerprint density at radius 1 is 1.36 bits per heavy atom. The molecule has 0 fully saturated rings. The van der Waals surface area contributed by atoms with Crippen molar-refractivity contribution in [3.8, 4) is 17.5 Å². The van der Waals surface area contributed by atoms with Crippen LogP contribution in [0.1, 0.15) is 11.4 Å². The maximum atomic E-state index is 9.11. The van der Waals surface area contributed by atoms with E-state index in [1.54, 1.807) is 6.20 Å². The number of tetrazole rings is 1. The van der Waals surface area contributed by atoms with Gasteiger partial charge in [-0.1, -0.05) is 31.6 Å². The van der Waals surface area contributed by atoms with E-state index < -0.39 is 8.07 Å². The third kappa shape index (κ3) is 4.58. The molecule has 0 atom stereocenters. The molecule has 0 spiro atoms. The minimum absolute atomic E-state index is 0.254. The Kier molecular flexibility index (Phi) is 4.72. The van der Waals surface area contributed by atoms with Crippen LogP contribution < -0.4 is 5.32 Å². The molecule has 1 aromatic heterocycles. The van der Waals surface area contributed by atoms with Crippen LogP contribution in [0.25, 0.3) is 5.57 Å². The van der Waals surface area contributed by atoms with Crippen molar-refractivity contribution in [2.24, 2.45) is 0 Å². The number of hydrogen-bond donors (Lipinski definition) is 2. The van der Waals surface area contributed by atoms with Gasteiger partial charge in [-0.25, -0.2) is 0 Å². The molecule has 0 saturated heterocycles. The van der Waals surface area contributed by atoms with Gasteiger partial charge in [0.15, 0.2) is 0 Å². The van der Waals surface area contributed by atoms with Crippen molar-refractivity contribution in [1.82, 2.24) is 20.6 Å². The molecule has 22 heavy (non-hydrogen) atoms. The van der Waals surface area contributed by atoms with Gasteiger partial charge in [0.05, 0.1) is 0 Å². The van der Waals surface area contributed by atoms with Crippen LogP contribution in [-0.4, -0.2) is 28.7 Å². The summed E-state index contributed by atoms with van der Waals surface area (Å²) < 4.78 is 0. The summed E-state index contributed by atoms with van der Waals surface area (Å²) >= 11 is 0. The number of anilines is 1. The first-order chi connectivity index (χ1) is 10.5. The van der Waals surface area contributed by atoms with Crippen LogP contribution in [0.4, 0.5) is 5.69 Å². The molecule has 0 bridgehead atoms. The third-order valence-electron chi connectivity index (χ3n) is 2.53. The second kappa shape index (κ2) is 6.70. The molecule has 0 aliphatic rings. The van der Waals surface area contributed by atoms with Crippen molar-refractivity contribution >= 4 is 19.3 Å². The second-order valence-electron chi connectivity index (χ2n) is 5.63. The van der Waals surface area contributed by atoms with E-state index in [1.165, 1.54) is 0 Å². The Labute approximate surface area is 130 Å². The Balaban J connectivity index is 2.17. The molecule has 0 saturated carbocycles. The van der Waals surface area contributed by atoms with Crippen molar-refractivity contribution < 1.29 is 0 Å². The molecule has 0 amide bonds. The van der Waals surface area contributed by atoms with Gasteiger partial charge in [-0.05, 0) is 23.4 Å². The van der Waals surface area contributed by atoms with Crippen molar-refractivity contribution in [1.29, 1.82) is 5.26 Å². The van der Waals surface area contributed by atoms with E-state index >= 15 is 0 Å². The van der Waals surface area contributed by atoms with Crippen LogP contribution in [0.15, 0.2) is 30.5 Å². The van der Waals surface area contributed by atoms with Crippen molar-refractivity contribution in [3.05, 3.63) is 41.9 Å². The van der Waals surface area contributed by atoms with Crippen LogP contribution in [0.2, 0.25) is 19.6 Å². The summed E-state index contributed by atoms with van der Waals surface area (Å²) in [5.74, 6) is 3.45. The van der Waals surface area contributed by atoms with Gasteiger partial charge < -0.3 is 5.32 Å². The Morgan fingerprint density at radius 2 is 2.18 bits per heavy atom. The van der Waals surface area contributed by atoms with Gasteiger partial charge in [-0.2, -0.15) is 10.5 Å². The standard InChI is InChI=1S/C15H16N6Si/c1-22(2,3)8-7-12-5-4-6-14(9-12)17-11-13(10-16)15-18-20-21-19-15/h4-6,9,11,17H,1-3H3,(H,18,19,20,21). The first-order valence-electron chi connectivity index (χ1n) is 6.72. The Hall–Kier alpha value is -2.90. The van der Waals surface area contributed by atoms with Crippen LogP contribution in [0.5, 0.6) is 0 Å². The first-order valence-corrected chi connectivity index (χ1v) is 10.2. The summed E-state index contributed by atoms with van der Waals surface area (Å²) in [4.78, 5) is 0. The molecule has 2 rings (SSSR count). The van der Waals surface area contributed by atoms with E-state index in [0.29, 0.717) is 5.57 Å². The molecule has 0 radical (unpaired) electrons. The lowest BCUT2D eigenvalue weighted by Crippen LogP contribution is -2.16. The number of aromatic amines is 1. The number of H-pyrrole nitrogens is 1. The molecule has 1 heterocycles. The topological polar surface area (TPSA) is 90.3 Å². The van der Waals surface area contributed by atoms with Crippen LogP contribution in [-0.2, 0) is 0 Å². The van der Waals surface area contributed by atoms with Crippen molar-refractivity contribution in [2.75, 3.05) is 5.32 Å². The van der Waals surface area contributed by atoms with E-state index in [4.69, 9.17) is 5.26 Å². The number of nitrogens with zero attached hydrogens (tertiary/aromatic N) is 4.